The van der Waals surface area contributed by atoms with Crippen LogP contribution in [0.5, 0.6) is 0 Å². The van der Waals surface area contributed by atoms with Gasteiger partial charge in [0, 0.05) is 18.7 Å². The van der Waals surface area contributed by atoms with Crippen LogP contribution in [0.2, 0.25) is 0 Å². The average molecular weight is 241 g/mol. The highest BCUT2D eigenvalue weighted by molar-refractivity contribution is 5.78. The van der Waals surface area contributed by atoms with E-state index < -0.39 is 0 Å². The van der Waals surface area contributed by atoms with Crippen molar-refractivity contribution in [2.24, 2.45) is 0 Å². The van der Waals surface area contributed by atoms with Gasteiger partial charge in [0.2, 0.25) is 0 Å². The number of carbonyl (C=O) groups is 1. The molecule has 0 N–H and O–H groups in total. The van der Waals surface area contributed by atoms with Crippen molar-refractivity contribution in [1.82, 2.24) is 14.6 Å². The van der Waals surface area contributed by atoms with Gasteiger partial charge >= 0.3 is 0 Å². The van der Waals surface area contributed by atoms with Crippen molar-refractivity contribution < 1.29 is 9.21 Å². The summed E-state index contributed by atoms with van der Waals surface area (Å²) in [5.74, 6) is 1.29. The summed E-state index contributed by atoms with van der Waals surface area (Å²) in [7, 11) is 0. The number of hydrogen-bond acceptors (Lipinski definition) is 4. The van der Waals surface area contributed by atoms with E-state index in [0.29, 0.717) is 17.2 Å². The molecule has 0 atom stereocenters. The van der Waals surface area contributed by atoms with E-state index >= 15 is 0 Å². The molecule has 0 aliphatic heterocycles. The SMILES string of the molecule is Cc1nc(C)c(-c2cc3cc(C=O)ccn3n2)o1. The van der Waals surface area contributed by atoms with Gasteiger partial charge in [0.05, 0.1) is 11.2 Å². The Balaban J connectivity index is 2.18. The van der Waals surface area contributed by atoms with E-state index in [9.17, 15) is 4.79 Å². The lowest BCUT2D eigenvalue weighted by Crippen LogP contribution is -1.88. The van der Waals surface area contributed by atoms with Crippen molar-refractivity contribution in [3.05, 3.63) is 41.5 Å². The Morgan fingerprint density at radius 2 is 2.17 bits per heavy atom. The number of oxazole rings is 1. The second kappa shape index (κ2) is 3.80. The zero-order valence-corrected chi connectivity index (χ0v) is 10.0. The summed E-state index contributed by atoms with van der Waals surface area (Å²) in [6.45, 7) is 3.68. The van der Waals surface area contributed by atoms with Gasteiger partial charge in [-0.1, -0.05) is 0 Å². The number of aromatic nitrogens is 3. The van der Waals surface area contributed by atoms with Crippen molar-refractivity contribution in [3.8, 4) is 11.5 Å². The summed E-state index contributed by atoms with van der Waals surface area (Å²) < 4.78 is 7.24. The first-order chi connectivity index (χ1) is 8.67. The lowest BCUT2D eigenvalue weighted by atomic mass is 10.2. The minimum atomic E-state index is 0.619. The van der Waals surface area contributed by atoms with Crippen molar-refractivity contribution in [3.63, 3.8) is 0 Å². The molecule has 0 radical (unpaired) electrons. The van der Waals surface area contributed by atoms with Gasteiger partial charge in [0.15, 0.2) is 11.7 Å². The van der Waals surface area contributed by atoms with Crippen molar-refractivity contribution in [2.75, 3.05) is 0 Å². The molecule has 0 bridgehead atoms. The number of aryl methyl sites for hydroxylation is 2. The molecule has 3 aromatic rings. The molecule has 5 heteroatoms. The summed E-state index contributed by atoms with van der Waals surface area (Å²) >= 11 is 0. The van der Waals surface area contributed by atoms with Crippen LogP contribution in [0.4, 0.5) is 0 Å². The number of fused-ring (bicyclic) bond motifs is 1. The molecule has 0 saturated heterocycles. The van der Waals surface area contributed by atoms with Gasteiger partial charge in [-0.2, -0.15) is 5.10 Å². The maximum Gasteiger partial charge on any atom is 0.192 e. The fourth-order valence-electron chi connectivity index (χ4n) is 1.96. The number of hydrogen-bond donors (Lipinski definition) is 0. The van der Waals surface area contributed by atoms with Crippen LogP contribution in [0.25, 0.3) is 17.0 Å². The van der Waals surface area contributed by atoms with E-state index in [1.54, 1.807) is 29.8 Å². The molecule has 0 aliphatic rings. The van der Waals surface area contributed by atoms with Gasteiger partial charge in [0.25, 0.3) is 0 Å². The minimum Gasteiger partial charge on any atom is -0.439 e. The molecule has 18 heavy (non-hydrogen) atoms. The lowest BCUT2D eigenvalue weighted by Gasteiger charge is -1.92. The first kappa shape index (κ1) is 10.7. The van der Waals surface area contributed by atoms with E-state index in [4.69, 9.17) is 4.42 Å². The predicted molar refractivity (Wildman–Crippen MR) is 65.6 cm³/mol. The van der Waals surface area contributed by atoms with Gasteiger partial charge in [-0.05, 0) is 25.1 Å². The Bertz CT molecular complexity index is 740. The summed E-state index contributed by atoms with van der Waals surface area (Å²) in [6, 6.07) is 5.37. The first-order valence-corrected chi connectivity index (χ1v) is 5.56. The first-order valence-electron chi connectivity index (χ1n) is 5.56. The van der Waals surface area contributed by atoms with Gasteiger partial charge < -0.3 is 4.42 Å². The molecule has 3 aromatic heterocycles. The van der Waals surface area contributed by atoms with E-state index in [1.807, 2.05) is 13.0 Å². The zero-order valence-electron chi connectivity index (χ0n) is 10.0. The molecular weight excluding hydrogens is 230 g/mol. The number of pyridine rings is 1. The molecular formula is C13H11N3O2. The molecule has 90 valence electrons. The molecule has 3 rings (SSSR count). The number of nitrogens with zero attached hydrogens (tertiary/aromatic N) is 3. The third kappa shape index (κ3) is 1.60. The van der Waals surface area contributed by atoms with Gasteiger partial charge in [-0.25, -0.2) is 9.50 Å². The van der Waals surface area contributed by atoms with Crippen LogP contribution in [0.15, 0.2) is 28.8 Å². The summed E-state index contributed by atoms with van der Waals surface area (Å²) in [5.41, 5.74) is 3.00. The second-order valence-electron chi connectivity index (χ2n) is 4.12. The van der Waals surface area contributed by atoms with E-state index in [2.05, 4.69) is 10.1 Å². The van der Waals surface area contributed by atoms with Crippen LogP contribution in [0.3, 0.4) is 0 Å². The molecule has 0 aliphatic carbocycles. The van der Waals surface area contributed by atoms with Crippen LogP contribution >= 0.6 is 0 Å². The third-order valence-electron chi connectivity index (χ3n) is 2.76. The Hall–Kier alpha value is -2.43. The van der Waals surface area contributed by atoms with Crippen LogP contribution in [0, 0.1) is 13.8 Å². The van der Waals surface area contributed by atoms with Crippen LogP contribution < -0.4 is 0 Å². The third-order valence-corrected chi connectivity index (χ3v) is 2.76. The predicted octanol–water partition coefficient (Wildman–Crippen LogP) is 2.42. The number of rotatable bonds is 2. The quantitative estimate of drug-likeness (QED) is 0.646. The van der Waals surface area contributed by atoms with E-state index in [-0.39, 0.29) is 0 Å². The monoisotopic (exact) mass is 241 g/mol. The summed E-state index contributed by atoms with van der Waals surface area (Å²) in [4.78, 5) is 14.9. The summed E-state index contributed by atoms with van der Waals surface area (Å²) in [5, 5.41) is 4.40. The minimum absolute atomic E-state index is 0.619. The maximum atomic E-state index is 10.7. The molecule has 3 heterocycles. The average Bonchev–Trinajstić information content (AvgIpc) is 2.90. The standard InChI is InChI=1S/C13H11N3O2/c1-8-13(18-9(2)14-8)12-6-11-5-10(7-17)3-4-16(11)15-12/h3-7H,1-2H3. The Kier molecular flexibility index (Phi) is 2.26. The molecule has 0 saturated carbocycles. The van der Waals surface area contributed by atoms with Crippen LogP contribution in [0.1, 0.15) is 21.9 Å². The Morgan fingerprint density at radius 1 is 1.33 bits per heavy atom. The second-order valence-corrected chi connectivity index (χ2v) is 4.12. The van der Waals surface area contributed by atoms with Crippen molar-refractivity contribution >= 4 is 11.8 Å². The highest BCUT2D eigenvalue weighted by Gasteiger charge is 2.13. The Labute approximate surface area is 103 Å². The highest BCUT2D eigenvalue weighted by atomic mass is 16.4. The smallest absolute Gasteiger partial charge is 0.192 e. The number of aldehydes is 1. The molecule has 0 unspecified atom stereocenters. The Morgan fingerprint density at radius 3 is 2.83 bits per heavy atom. The fraction of sp³-hybridized carbons (Fsp3) is 0.154. The van der Waals surface area contributed by atoms with Gasteiger partial charge in [-0.3, -0.25) is 4.79 Å². The molecule has 0 aromatic carbocycles. The molecule has 0 spiro atoms. The molecule has 0 fully saturated rings. The fourth-order valence-corrected chi connectivity index (χ4v) is 1.96. The van der Waals surface area contributed by atoms with Gasteiger partial charge in [-0.15, -0.1) is 0 Å². The molecule has 0 amide bonds. The van der Waals surface area contributed by atoms with Crippen molar-refractivity contribution in [2.45, 2.75) is 13.8 Å². The largest absolute Gasteiger partial charge is 0.439 e. The van der Waals surface area contributed by atoms with Crippen LogP contribution in [-0.4, -0.2) is 20.9 Å². The van der Waals surface area contributed by atoms with Crippen molar-refractivity contribution in [1.29, 1.82) is 0 Å². The summed E-state index contributed by atoms with van der Waals surface area (Å²) in [6.07, 6.45) is 2.57. The van der Waals surface area contributed by atoms with Gasteiger partial charge in [0.1, 0.15) is 12.0 Å². The number of carbonyl (C=O) groups excluding carboxylic acids is 1. The highest BCUT2D eigenvalue weighted by Crippen LogP contribution is 2.24. The lowest BCUT2D eigenvalue weighted by molar-refractivity contribution is 0.112. The zero-order chi connectivity index (χ0) is 12.7. The normalized spacial score (nSPS) is 11.0. The van der Waals surface area contributed by atoms with E-state index in [1.165, 1.54) is 0 Å². The topological polar surface area (TPSA) is 60.4 Å². The van der Waals surface area contributed by atoms with E-state index in [0.717, 1.165) is 23.2 Å². The van der Waals surface area contributed by atoms with Crippen LogP contribution in [-0.2, 0) is 0 Å². The molecule has 5 nitrogen and oxygen atoms in total. The maximum absolute atomic E-state index is 10.7.